The van der Waals surface area contributed by atoms with Gasteiger partial charge in [0.05, 0.1) is 6.61 Å². The number of carbonyl (C=O) groups is 2. The van der Waals surface area contributed by atoms with E-state index in [0.29, 0.717) is 18.8 Å². The van der Waals surface area contributed by atoms with Crippen molar-refractivity contribution in [1.82, 2.24) is 0 Å². The molecule has 0 bridgehead atoms. The van der Waals surface area contributed by atoms with Crippen LogP contribution in [0.2, 0.25) is 0 Å². The summed E-state index contributed by atoms with van der Waals surface area (Å²) < 4.78 is 9.82. The fraction of sp³-hybridized carbons (Fsp3) is 0.300. The molecule has 0 aliphatic rings. The molecule has 2 aromatic carbocycles. The van der Waals surface area contributed by atoms with Crippen molar-refractivity contribution < 1.29 is 19.1 Å². The Morgan fingerprint density at radius 2 is 1.50 bits per heavy atom. The summed E-state index contributed by atoms with van der Waals surface area (Å²) in [7, 11) is 0. The topological polar surface area (TPSA) is 52.6 Å². The summed E-state index contributed by atoms with van der Waals surface area (Å²) >= 11 is 0. The summed E-state index contributed by atoms with van der Waals surface area (Å²) in [5.41, 5.74) is 1.19. The normalized spacial score (nSPS) is 9.42. The Bertz CT molecular complexity index is 594. The number of hydrogen-bond acceptors (Lipinski definition) is 4. The van der Waals surface area contributed by atoms with Crippen LogP contribution in [0.3, 0.4) is 0 Å². The van der Waals surface area contributed by atoms with Crippen molar-refractivity contribution in [3.8, 4) is 5.75 Å². The number of rotatable bonds is 6. The van der Waals surface area contributed by atoms with E-state index in [1.54, 1.807) is 12.1 Å². The van der Waals surface area contributed by atoms with E-state index in [0.717, 1.165) is 12.8 Å². The van der Waals surface area contributed by atoms with Crippen LogP contribution in [0.5, 0.6) is 5.75 Å². The van der Waals surface area contributed by atoms with Gasteiger partial charge in [-0.3, -0.25) is 9.59 Å². The van der Waals surface area contributed by atoms with Crippen molar-refractivity contribution in [3.63, 3.8) is 0 Å². The molecule has 0 atom stereocenters. The molecule has 4 heteroatoms. The molecule has 128 valence electrons. The summed E-state index contributed by atoms with van der Waals surface area (Å²) in [5.74, 6) is 0.241. The molecule has 0 amide bonds. The van der Waals surface area contributed by atoms with Crippen molar-refractivity contribution >= 4 is 11.9 Å². The van der Waals surface area contributed by atoms with E-state index < -0.39 is 0 Å². The monoisotopic (exact) mass is 328 g/mol. The summed E-state index contributed by atoms with van der Waals surface area (Å²) in [5, 5.41) is 0. The van der Waals surface area contributed by atoms with Gasteiger partial charge in [-0.25, -0.2) is 0 Å². The molecule has 0 aliphatic carbocycles. The second-order valence-corrected chi connectivity index (χ2v) is 5.11. The lowest BCUT2D eigenvalue weighted by atomic mass is 10.2. The van der Waals surface area contributed by atoms with Gasteiger partial charge >= 0.3 is 11.9 Å². The summed E-state index contributed by atoms with van der Waals surface area (Å²) in [4.78, 5) is 21.4. The predicted octanol–water partition coefficient (Wildman–Crippen LogP) is 4.18. The van der Waals surface area contributed by atoms with Gasteiger partial charge in [-0.05, 0) is 24.1 Å². The Labute approximate surface area is 143 Å². The Kier molecular flexibility index (Phi) is 9.62. The highest BCUT2D eigenvalue weighted by molar-refractivity contribution is 5.72. The number of para-hydroxylation sites is 1. The molecule has 0 radical (unpaired) electrons. The van der Waals surface area contributed by atoms with Crippen LogP contribution in [-0.4, -0.2) is 18.5 Å². The zero-order valence-corrected chi connectivity index (χ0v) is 14.2. The molecule has 0 saturated heterocycles. The lowest BCUT2D eigenvalue weighted by Gasteiger charge is -2.01. The molecule has 0 saturated carbocycles. The Balaban J connectivity index is 0.000000240. The highest BCUT2D eigenvalue weighted by atomic mass is 16.5. The van der Waals surface area contributed by atoms with Gasteiger partial charge in [-0.2, -0.15) is 0 Å². The molecule has 0 heterocycles. The molecule has 4 nitrogen and oxygen atoms in total. The molecular formula is C20H24O4. The third-order valence-electron chi connectivity index (χ3n) is 2.97. The lowest BCUT2D eigenvalue weighted by molar-refractivity contribution is -0.140. The van der Waals surface area contributed by atoms with Crippen molar-refractivity contribution in [2.75, 3.05) is 6.61 Å². The smallest absolute Gasteiger partial charge is 0.311 e. The Morgan fingerprint density at radius 3 is 2.04 bits per heavy atom. The maximum absolute atomic E-state index is 11.0. The van der Waals surface area contributed by atoms with Crippen molar-refractivity contribution in [3.05, 3.63) is 66.2 Å². The summed E-state index contributed by atoms with van der Waals surface area (Å²) in [6, 6.07) is 19.1. The predicted molar refractivity (Wildman–Crippen MR) is 93.8 cm³/mol. The molecule has 0 aliphatic heterocycles. The van der Waals surface area contributed by atoms with Crippen LogP contribution in [0.4, 0.5) is 0 Å². The largest absolute Gasteiger partial charge is 0.466 e. The van der Waals surface area contributed by atoms with E-state index in [1.165, 1.54) is 12.5 Å². The van der Waals surface area contributed by atoms with Gasteiger partial charge in [0, 0.05) is 19.8 Å². The van der Waals surface area contributed by atoms with Gasteiger partial charge in [0.15, 0.2) is 0 Å². The van der Waals surface area contributed by atoms with E-state index in [1.807, 2.05) is 55.5 Å². The SMILES string of the molecule is CC(=O)OCCc1ccccc1.CCCC(=O)Oc1ccccc1. The minimum Gasteiger partial charge on any atom is -0.466 e. The van der Waals surface area contributed by atoms with Crippen molar-refractivity contribution in [2.24, 2.45) is 0 Å². The zero-order valence-electron chi connectivity index (χ0n) is 14.2. The fourth-order valence-electron chi connectivity index (χ4n) is 1.83. The van der Waals surface area contributed by atoms with Crippen molar-refractivity contribution in [2.45, 2.75) is 33.1 Å². The van der Waals surface area contributed by atoms with Crippen LogP contribution in [0, 0.1) is 0 Å². The van der Waals surface area contributed by atoms with Crippen LogP contribution < -0.4 is 4.74 Å². The van der Waals surface area contributed by atoms with E-state index in [2.05, 4.69) is 0 Å². The first-order chi connectivity index (χ1) is 11.6. The number of hydrogen-bond donors (Lipinski definition) is 0. The second-order valence-electron chi connectivity index (χ2n) is 5.11. The fourth-order valence-corrected chi connectivity index (χ4v) is 1.83. The molecule has 0 unspecified atom stereocenters. The molecule has 0 spiro atoms. The van der Waals surface area contributed by atoms with Crippen LogP contribution >= 0.6 is 0 Å². The molecule has 2 rings (SSSR count). The Hall–Kier alpha value is -2.62. The molecule has 0 N–H and O–H groups in total. The maximum atomic E-state index is 11.0. The standard InChI is InChI=1S/2C10H12O2/c1-9(11)12-8-7-10-5-3-2-4-6-10;1-2-6-10(11)12-9-7-4-3-5-8-9/h2-6H,7-8H2,1H3;3-5,7-8H,2,6H2,1H3. The maximum Gasteiger partial charge on any atom is 0.311 e. The van der Waals surface area contributed by atoms with E-state index >= 15 is 0 Å². The summed E-state index contributed by atoms with van der Waals surface area (Å²) in [6.07, 6.45) is 2.10. The highest BCUT2D eigenvalue weighted by Gasteiger charge is 2.00. The number of esters is 2. The Morgan fingerprint density at radius 1 is 0.917 bits per heavy atom. The molecular weight excluding hydrogens is 304 g/mol. The van der Waals surface area contributed by atoms with Crippen LogP contribution in [0.25, 0.3) is 0 Å². The van der Waals surface area contributed by atoms with E-state index in [4.69, 9.17) is 9.47 Å². The third-order valence-corrected chi connectivity index (χ3v) is 2.97. The molecule has 2 aromatic rings. The molecule has 0 aromatic heterocycles. The minimum absolute atomic E-state index is 0.163. The number of ether oxygens (including phenoxy) is 2. The van der Waals surface area contributed by atoms with Gasteiger partial charge in [0.25, 0.3) is 0 Å². The van der Waals surface area contributed by atoms with Crippen LogP contribution in [0.1, 0.15) is 32.3 Å². The molecule has 24 heavy (non-hydrogen) atoms. The van der Waals surface area contributed by atoms with Crippen LogP contribution in [0.15, 0.2) is 60.7 Å². The second kappa shape index (κ2) is 11.9. The van der Waals surface area contributed by atoms with Crippen molar-refractivity contribution in [1.29, 1.82) is 0 Å². The van der Waals surface area contributed by atoms with Gasteiger partial charge < -0.3 is 9.47 Å². The summed E-state index contributed by atoms with van der Waals surface area (Å²) in [6.45, 7) is 3.84. The first-order valence-corrected chi connectivity index (χ1v) is 8.04. The lowest BCUT2D eigenvalue weighted by Crippen LogP contribution is -2.06. The van der Waals surface area contributed by atoms with Gasteiger partial charge in [0.1, 0.15) is 5.75 Å². The van der Waals surface area contributed by atoms with Gasteiger partial charge in [-0.15, -0.1) is 0 Å². The minimum atomic E-state index is -0.217. The van der Waals surface area contributed by atoms with Crippen LogP contribution in [-0.2, 0) is 20.7 Å². The number of benzene rings is 2. The molecule has 0 fully saturated rings. The van der Waals surface area contributed by atoms with E-state index in [9.17, 15) is 9.59 Å². The number of carbonyl (C=O) groups excluding carboxylic acids is 2. The van der Waals surface area contributed by atoms with Gasteiger partial charge in [0.2, 0.25) is 0 Å². The first-order valence-electron chi connectivity index (χ1n) is 8.04. The van der Waals surface area contributed by atoms with E-state index in [-0.39, 0.29) is 11.9 Å². The third kappa shape index (κ3) is 9.41. The zero-order chi connectivity index (χ0) is 17.6. The quantitative estimate of drug-likeness (QED) is 0.589. The van der Waals surface area contributed by atoms with Gasteiger partial charge in [-0.1, -0.05) is 55.5 Å². The average Bonchev–Trinajstić information content (AvgIpc) is 2.57. The first kappa shape index (κ1) is 19.4. The highest BCUT2D eigenvalue weighted by Crippen LogP contribution is 2.09. The average molecular weight is 328 g/mol.